The number of sulfonamides is 1. The van der Waals surface area contributed by atoms with Crippen molar-refractivity contribution in [2.75, 3.05) is 46.8 Å². The zero-order valence-corrected chi connectivity index (χ0v) is 15.6. The van der Waals surface area contributed by atoms with E-state index in [1.807, 2.05) is 7.05 Å². The van der Waals surface area contributed by atoms with E-state index in [9.17, 15) is 13.2 Å². The minimum absolute atomic E-state index is 0.140. The number of carbonyl (C=O) groups excluding carboxylic acids is 1. The van der Waals surface area contributed by atoms with Gasteiger partial charge in [0.05, 0.1) is 4.90 Å². The highest BCUT2D eigenvalue weighted by atomic mass is 32.2. The van der Waals surface area contributed by atoms with Crippen molar-refractivity contribution in [3.8, 4) is 0 Å². The highest BCUT2D eigenvalue weighted by Crippen LogP contribution is 2.19. The van der Waals surface area contributed by atoms with Gasteiger partial charge in [0.2, 0.25) is 10.0 Å². The number of hydrogen-bond donors (Lipinski definition) is 0. The van der Waals surface area contributed by atoms with E-state index in [0.717, 1.165) is 25.9 Å². The van der Waals surface area contributed by atoms with Crippen LogP contribution < -0.4 is 0 Å². The average Bonchev–Trinajstić information content (AvgIpc) is 2.59. The number of benzene rings is 1. The van der Waals surface area contributed by atoms with Gasteiger partial charge in [-0.3, -0.25) is 4.79 Å². The minimum atomic E-state index is -3.55. The molecule has 0 aromatic heterocycles. The van der Waals surface area contributed by atoms with E-state index in [-0.39, 0.29) is 10.8 Å². The fourth-order valence-electron chi connectivity index (χ4n) is 2.68. The molecule has 7 heteroatoms. The van der Waals surface area contributed by atoms with Crippen LogP contribution in [0.25, 0.3) is 0 Å². The standard InChI is InChI=1S/C17H27N3O3S/c1-4-5-9-19(3)17(21)15-7-6-8-16(14-15)24(22,23)20-12-10-18(2)11-13-20/h6-8,14H,4-5,9-13H2,1-3H3. The molecule has 1 aromatic carbocycles. The Balaban J connectivity index is 2.18. The van der Waals surface area contributed by atoms with E-state index in [1.54, 1.807) is 30.1 Å². The normalized spacial score (nSPS) is 17.0. The summed E-state index contributed by atoms with van der Waals surface area (Å²) in [6.45, 7) is 5.14. The van der Waals surface area contributed by atoms with Crippen molar-refractivity contribution < 1.29 is 13.2 Å². The number of unbranched alkanes of at least 4 members (excludes halogenated alkanes) is 1. The number of carbonyl (C=O) groups is 1. The lowest BCUT2D eigenvalue weighted by Crippen LogP contribution is -2.47. The monoisotopic (exact) mass is 353 g/mol. The van der Waals surface area contributed by atoms with E-state index in [2.05, 4.69) is 11.8 Å². The van der Waals surface area contributed by atoms with Crippen LogP contribution >= 0.6 is 0 Å². The molecule has 1 amide bonds. The minimum Gasteiger partial charge on any atom is -0.342 e. The summed E-state index contributed by atoms with van der Waals surface area (Å²) in [6.07, 6.45) is 1.94. The first-order valence-electron chi connectivity index (χ1n) is 8.40. The number of likely N-dealkylation sites (N-methyl/N-ethyl adjacent to an activating group) is 1. The molecule has 0 radical (unpaired) electrons. The molecule has 0 N–H and O–H groups in total. The Morgan fingerprint density at radius 3 is 2.50 bits per heavy atom. The predicted octanol–water partition coefficient (Wildman–Crippen LogP) is 1.49. The summed E-state index contributed by atoms with van der Waals surface area (Å²) < 4.78 is 27.1. The van der Waals surface area contributed by atoms with Crippen LogP contribution in [0.5, 0.6) is 0 Å². The number of amides is 1. The molecule has 6 nitrogen and oxygen atoms in total. The Hall–Kier alpha value is -1.44. The first kappa shape index (κ1) is 18.9. The van der Waals surface area contributed by atoms with Crippen LogP contribution in [0, 0.1) is 0 Å². The van der Waals surface area contributed by atoms with Crippen molar-refractivity contribution in [1.82, 2.24) is 14.1 Å². The summed E-state index contributed by atoms with van der Waals surface area (Å²) in [4.78, 5) is 16.4. The molecular formula is C17H27N3O3S. The van der Waals surface area contributed by atoms with Gasteiger partial charge in [0.25, 0.3) is 5.91 Å². The molecule has 0 saturated carbocycles. The predicted molar refractivity (Wildman–Crippen MR) is 94.6 cm³/mol. The van der Waals surface area contributed by atoms with Crippen molar-refractivity contribution in [3.05, 3.63) is 29.8 Å². The third-order valence-electron chi connectivity index (χ3n) is 4.37. The van der Waals surface area contributed by atoms with E-state index in [1.165, 1.54) is 10.4 Å². The molecule has 24 heavy (non-hydrogen) atoms. The number of nitrogens with zero attached hydrogens (tertiary/aromatic N) is 3. The van der Waals surface area contributed by atoms with Crippen molar-refractivity contribution in [3.63, 3.8) is 0 Å². The third-order valence-corrected chi connectivity index (χ3v) is 6.27. The van der Waals surface area contributed by atoms with E-state index in [0.29, 0.717) is 25.2 Å². The van der Waals surface area contributed by atoms with E-state index in [4.69, 9.17) is 0 Å². The fraction of sp³-hybridized carbons (Fsp3) is 0.588. The second kappa shape index (κ2) is 8.09. The average molecular weight is 353 g/mol. The van der Waals surface area contributed by atoms with Crippen LogP contribution in [0.1, 0.15) is 30.1 Å². The Bertz CT molecular complexity index is 667. The SMILES string of the molecule is CCCCN(C)C(=O)c1cccc(S(=O)(=O)N2CCN(C)CC2)c1. The van der Waals surface area contributed by atoms with Crippen molar-refractivity contribution in [2.24, 2.45) is 0 Å². The summed E-state index contributed by atoms with van der Waals surface area (Å²) >= 11 is 0. The van der Waals surface area contributed by atoms with Gasteiger partial charge in [0.15, 0.2) is 0 Å². The summed E-state index contributed by atoms with van der Waals surface area (Å²) in [5.74, 6) is -0.140. The second-order valence-corrected chi connectivity index (χ2v) is 8.25. The zero-order chi connectivity index (χ0) is 17.7. The summed E-state index contributed by atoms with van der Waals surface area (Å²) in [5.41, 5.74) is 0.420. The van der Waals surface area contributed by atoms with Crippen molar-refractivity contribution in [2.45, 2.75) is 24.7 Å². The van der Waals surface area contributed by atoms with Crippen LogP contribution in [0.15, 0.2) is 29.2 Å². The fourth-order valence-corrected chi connectivity index (χ4v) is 4.15. The van der Waals surface area contributed by atoms with E-state index >= 15 is 0 Å². The maximum atomic E-state index is 12.8. The molecule has 0 atom stereocenters. The molecule has 2 rings (SSSR count). The molecule has 1 aromatic rings. The van der Waals surface area contributed by atoms with Gasteiger partial charge < -0.3 is 9.80 Å². The highest BCUT2D eigenvalue weighted by molar-refractivity contribution is 7.89. The lowest BCUT2D eigenvalue weighted by Gasteiger charge is -2.31. The van der Waals surface area contributed by atoms with Crippen LogP contribution in [-0.2, 0) is 10.0 Å². The molecule has 0 aliphatic carbocycles. The first-order chi connectivity index (χ1) is 11.4. The molecular weight excluding hydrogens is 326 g/mol. The molecule has 1 aliphatic rings. The highest BCUT2D eigenvalue weighted by Gasteiger charge is 2.28. The number of piperazine rings is 1. The second-order valence-electron chi connectivity index (χ2n) is 6.32. The smallest absolute Gasteiger partial charge is 0.253 e. The van der Waals surface area contributed by atoms with E-state index < -0.39 is 10.0 Å². The lowest BCUT2D eigenvalue weighted by molar-refractivity contribution is 0.0793. The van der Waals surface area contributed by atoms with Crippen LogP contribution in [0.2, 0.25) is 0 Å². The number of rotatable bonds is 6. The largest absolute Gasteiger partial charge is 0.342 e. The van der Waals surface area contributed by atoms with Gasteiger partial charge in [-0.2, -0.15) is 4.31 Å². The van der Waals surface area contributed by atoms with Crippen LogP contribution in [0.4, 0.5) is 0 Å². The lowest BCUT2D eigenvalue weighted by atomic mass is 10.2. The Morgan fingerprint density at radius 1 is 1.21 bits per heavy atom. The topological polar surface area (TPSA) is 60.9 Å². The maximum Gasteiger partial charge on any atom is 0.253 e. The van der Waals surface area contributed by atoms with Gasteiger partial charge in [0, 0.05) is 45.3 Å². The summed E-state index contributed by atoms with van der Waals surface area (Å²) in [6, 6.07) is 6.38. The Labute approximate surface area is 145 Å². The third kappa shape index (κ3) is 4.34. The van der Waals surface area contributed by atoms with Gasteiger partial charge in [-0.15, -0.1) is 0 Å². The molecule has 0 unspecified atom stereocenters. The molecule has 0 bridgehead atoms. The van der Waals surface area contributed by atoms with Gasteiger partial charge in [-0.05, 0) is 31.7 Å². The van der Waals surface area contributed by atoms with Gasteiger partial charge in [-0.25, -0.2) is 8.42 Å². The summed E-state index contributed by atoms with van der Waals surface area (Å²) in [7, 11) is 0.183. The van der Waals surface area contributed by atoms with Crippen LogP contribution in [0.3, 0.4) is 0 Å². The van der Waals surface area contributed by atoms with Crippen molar-refractivity contribution >= 4 is 15.9 Å². The summed E-state index contributed by atoms with van der Waals surface area (Å²) in [5, 5.41) is 0. The molecule has 1 aliphatic heterocycles. The molecule has 1 fully saturated rings. The Kier molecular flexibility index (Phi) is 6.37. The zero-order valence-electron chi connectivity index (χ0n) is 14.7. The molecule has 1 heterocycles. The van der Waals surface area contributed by atoms with Crippen molar-refractivity contribution in [1.29, 1.82) is 0 Å². The van der Waals surface area contributed by atoms with Gasteiger partial charge in [0.1, 0.15) is 0 Å². The molecule has 134 valence electrons. The molecule has 0 spiro atoms. The first-order valence-corrected chi connectivity index (χ1v) is 9.84. The van der Waals surface area contributed by atoms with Gasteiger partial charge in [-0.1, -0.05) is 19.4 Å². The van der Waals surface area contributed by atoms with Gasteiger partial charge >= 0.3 is 0 Å². The number of hydrogen-bond acceptors (Lipinski definition) is 4. The maximum absolute atomic E-state index is 12.8. The Morgan fingerprint density at radius 2 is 1.88 bits per heavy atom. The van der Waals surface area contributed by atoms with Crippen LogP contribution in [-0.4, -0.2) is 75.2 Å². The molecule has 1 saturated heterocycles. The quantitative estimate of drug-likeness (QED) is 0.777.